The molecule has 1 amide bonds. The van der Waals surface area contributed by atoms with Crippen LogP contribution in [0.5, 0.6) is 0 Å². The van der Waals surface area contributed by atoms with Gasteiger partial charge in [-0.3, -0.25) is 9.52 Å². The summed E-state index contributed by atoms with van der Waals surface area (Å²) < 4.78 is 14.2. The van der Waals surface area contributed by atoms with Crippen LogP contribution < -0.4 is 4.72 Å². The van der Waals surface area contributed by atoms with E-state index in [1.165, 1.54) is 17.4 Å². The Balaban J connectivity index is 3.06. The van der Waals surface area contributed by atoms with Gasteiger partial charge in [0.25, 0.3) is 0 Å². The molecule has 0 aliphatic carbocycles. The number of thiophene rings is 1. The van der Waals surface area contributed by atoms with E-state index in [1.54, 1.807) is 5.38 Å². The van der Waals surface area contributed by atoms with E-state index in [-0.39, 0.29) is 0 Å². The maximum absolute atomic E-state index is 11.5. The summed E-state index contributed by atoms with van der Waals surface area (Å²) in [4.78, 5) is 10.5. The van der Waals surface area contributed by atoms with Gasteiger partial charge in [-0.05, 0) is 11.9 Å². The highest BCUT2D eigenvalue weighted by molar-refractivity contribution is 7.99. The highest BCUT2D eigenvalue weighted by atomic mass is 35.5. The maximum Gasteiger partial charge on any atom is 0.218 e. The Kier molecular flexibility index (Phi) is 2.76. The predicted molar refractivity (Wildman–Crippen MR) is 52.1 cm³/mol. The van der Waals surface area contributed by atoms with Crippen LogP contribution in [0.1, 0.15) is 0 Å². The molecule has 0 saturated carbocycles. The van der Waals surface area contributed by atoms with Crippen LogP contribution >= 0.6 is 22.9 Å². The Morgan fingerprint density at radius 2 is 2.42 bits per heavy atom. The highest BCUT2D eigenvalue weighted by Crippen LogP contribution is 2.22. The SMILES string of the molecule is C=S(=O)(NC=O)c1csc(Cl)c1. The molecule has 0 bridgehead atoms. The first-order valence-corrected chi connectivity index (χ1v) is 5.87. The van der Waals surface area contributed by atoms with Crippen molar-refractivity contribution in [3.05, 3.63) is 15.8 Å². The lowest BCUT2D eigenvalue weighted by Gasteiger charge is -2.02. The van der Waals surface area contributed by atoms with E-state index in [4.69, 9.17) is 11.6 Å². The molecule has 0 radical (unpaired) electrons. The minimum Gasteiger partial charge on any atom is -0.282 e. The van der Waals surface area contributed by atoms with Crippen molar-refractivity contribution in [3.63, 3.8) is 0 Å². The average molecular weight is 224 g/mol. The summed E-state index contributed by atoms with van der Waals surface area (Å²) in [6.07, 6.45) is 0.362. The molecule has 0 saturated heterocycles. The maximum atomic E-state index is 11.5. The topological polar surface area (TPSA) is 46.2 Å². The molecule has 1 heterocycles. The quantitative estimate of drug-likeness (QED) is 0.617. The van der Waals surface area contributed by atoms with Gasteiger partial charge in [-0.15, -0.1) is 11.3 Å². The van der Waals surface area contributed by atoms with Gasteiger partial charge in [0.2, 0.25) is 6.41 Å². The monoisotopic (exact) mass is 223 g/mol. The van der Waals surface area contributed by atoms with Crippen LogP contribution in [0, 0.1) is 0 Å². The number of hydrogen-bond acceptors (Lipinski definition) is 3. The minimum atomic E-state index is -2.68. The van der Waals surface area contributed by atoms with Crippen LogP contribution in [-0.4, -0.2) is 16.5 Å². The zero-order chi connectivity index (χ0) is 9.19. The lowest BCUT2D eigenvalue weighted by molar-refractivity contribution is -0.108. The Morgan fingerprint density at radius 3 is 2.83 bits per heavy atom. The number of halogens is 1. The Bertz CT molecular complexity index is 382. The van der Waals surface area contributed by atoms with Gasteiger partial charge in [0.05, 0.1) is 18.9 Å². The van der Waals surface area contributed by atoms with Gasteiger partial charge < -0.3 is 0 Å². The molecule has 66 valence electrons. The Hall–Kier alpha value is -0.520. The fourth-order valence-electron chi connectivity index (χ4n) is 0.613. The molecule has 1 atom stereocenters. The number of carbonyl (C=O) groups excluding carboxylic acids is 1. The van der Waals surface area contributed by atoms with Crippen molar-refractivity contribution in [2.45, 2.75) is 4.90 Å². The zero-order valence-electron chi connectivity index (χ0n) is 5.95. The minimum absolute atomic E-state index is 0.362. The summed E-state index contributed by atoms with van der Waals surface area (Å²) in [5.41, 5.74) is 0. The second-order valence-electron chi connectivity index (χ2n) is 2.00. The largest absolute Gasteiger partial charge is 0.282 e. The number of nitrogens with one attached hydrogen (secondary N) is 1. The smallest absolute Gasteiger partial charge is 0.218 e. The lowest BCUT2D eigenvalue weighted by Crippen LogP contribution is -2.20. The van der Waals surface area contributed by atoms with E-state index < -0.39 is 9.71 Å². The molecule has 1 aromatic heterocycles. The summed E-state index contributed by atoms with van der Waals surface area (Å²) in [5, 5.41) is 1.61. The summed E-state index contributed by atoms with van der Waals surface area (Å²) in [5.74, 6) is 3.38. The third-order valence-electron chi connectivity index (χ3n) is 1.16. The summed E-state index contributed by atoms with van der Waals surface area (Å²) in [6, 6.07) is 1.53. The van der Waals surface area contributed by atoms with Crippen LogP contribution in [-0.2, 0) is 14.5 Å². The van der Waals surface area contributed by atoms with Crippen LogP contribution in [0.3, 0.4) is 0 Å². The number of carbonyl (C=O) groups is 1. The van der Waals surface area contributed by atoms with Gasteiger partial charge in [-0.2, -0.15) is 0 Å². The van der Waals surface area contributed by atoms with Crippen molar-refractivity contribution in [2.75, 3.05) is 0 Å². The molecule has 1 rings (SSSR count). The summed E-state index contributed by atoms with van der Waals surface area (Å²) in [6.45, 7) is 0. The molecule has 0 aromatic carbocycles. The lowest BCUT2D eigenvalue weighted by atomic mass is 10.7. The highest BCUT2D eigenvalue weighted by Gasteiger charge is 2.07. The van der Waals surface area contributed by atoms with Crippen LogP contribution in [0.4, 0.5) is 0 Å². The number of rotatable bonds is 3. The van der Waals surface area contributed by atoms with E-state index in [0.717, 1.165) is 0 Å². The zero-order valence-corrected chi connectivity index (χ0v) is 8.34. The first kappa shape index (κ1) is 9.57. The molecule has 0 spiro atoms. The molecule has 1 N–H and O–H groups in total. The van der Waals surface area contributed by atoms with Gasteiger partial charge in [0, 0.05) is 5.38 Å². The van der Waals surface area contributed by atoms with Crippen LogP contribution in [0.25, 0.3) is 0 Å². The van der Waals surface area contributed by atoms with Gasteiger partial charge >= 0.3 is 0 Å². The van der Waals surface area contributed by atoms with E-state index >= 15 is 0 Å². The number of amides is 1. The molecular formula is C6H6ClNO2S2. The van der Waals surface area contributed by atoms with E-state index in [2.05, 4.69) is 10.6 Å². The molecule has 12 heavy (non-hydrogen) atoms. The first-order chi connectivity index (χ1) is 5.56. The van der Waals surface area contributed by atoms with Crippen LogP contribution in [0.15, 0.2) is 16.3 Å². The van der Waals surface area contributed by atoms with Crippen LogP contribution in [0.2, 0.25) is 4.34 Å². The standard InChI is InChI=1S/C6H6ClNO2S2/c1-12(10,8-4-9)5-2-6(7)11-3-5/h2-4H,1H2,(H,8,9,10). The fraction of sp³-hybridized carbons (Fsp3) is 0. The molecule has 0 aliphatic rings. The van der Waals surface area contributed by atoms with Crippen molar-refractivity contribution in [1.29, 1.82) is 0 Å². The number of hydrogen-bond donors (Lipinski definition) is 1. The van der Waals surface area contributed by atoms with E-state index in [0.29, 0.717) is 15.6 Å². The Morgan fingerprint density at radius 1 is 1.75 bits per heavy atom. The fourth-order valence-corrected chi connectivity index (χ4v) is 2.86. The van der Waals surface area contributed by atoms with Gasteiger partial charge in [0.1, 0.15) is 0 Å². The van der Waals surface area contributed by atoms with Gasteiger partial charge in [-0.1, -0.05) is 11.6 Å². The molecule has 6 heteroatoms. The molecule has 3 nitrogen and oxygen atoms in total. The first-order valence-electron chi connectivity index (χ1n) is 2.88. The van der Waals surface area contributed by atoms with Crippen molar-refractivity contribution in [1.82, 2.24) is 4.72 Å². The normalized spacial score (nSPS) is 15.1. The van der Waals surface area contributed by atoms with Gasteiger partial charge in [-0.25, -0.2) is 4.21 Å². The van der Waals surface area contributed by atoms with E-state index in [9.17, 15) is 9.00 Å². The molecular weight excluding hydrogens is 218 g/mol. The third-order valence-corrected chi connectivity index (χ3v) is 3.88. The molecule has 0 fully saturated rings. The third kappa shape index (κ3) is 2.00. The Labute approximate surface area is 79.5 Å². The van der Waals surface area contributed by atoms with Crippen molar-refractivity contribution in [2.24, 2.45) is 0 Å². The predicted octanol–water partition coefficient (Wildman–Crippen LogP) is 1.14. The average Bonchev–Trinajstić information content (AvgIpc) is 2.36. The van der Waals surface area contributed by atoms with Gasteiger partial charge in [0.15, 0.2) is 0 Å². The van der Waals surface area contributed by atoms with E-state index in [1.807, 2.05) is 0 Å². The second kappa shape index (κ2) is 3.47. The second-order valence-corrected chi connectivity index (χ2v) is 5.60. The van der Waals surface area contributed by atoms with Crippen molar-refractivity contribution >= 4 is 44.9 Å². The molecule has 1 unspecified atom stereocenters. The molecule has 1 aromatic rings. The van der Waals surface area contributed by atoms with Crippen molar-refractivity contribution in [3.8, 4) is 0 Å². The van der Waals surface area contributed by atoms with Crippen molar-refractivity contribution < 1.29 is 9.00 Å². The molecule has 0 aliphatic heterocycles. The summed E-state index contributed by atoms with van der Waals surface area (Å²) in [7, 11) is -2.68. The summed E-state index contributed by atoms with van der Waals surface area (Å²) >= 11 is 6.86.